The number of hydrogen-bond donors (Lipinski definition) is 1. The lowest BCUT2D eigenvalue weighted by Crippen LogP contribution is -2.26. The van der Waals surface area contributed by atoms with Gasteiger partial charge >= 0.3 is 5.97 Å². The standard InChI is InChI=1S/C16H21NO4/c1-3-12-4-6-13(7-5-12)14(18)8-9-15(19)17-11-10-16(20)21-2/h4-7H,3,8-11H2,1-2H3,(H,17,19). The van der Waals surface area contributed by atoms with Gasteiger partial charge in [-0.15, -0.1) is 0 Å². The zero-order valence-corrected chi connectivity index (χ0v) is 12.5. The molecule has 0 atom stereocenters. The number of hydrogen-bond acceptors (Lipinski definition) is 4. The average molecular weight is 291 g/mol. The zero-order valence-electron chi connectivity index (χ0n) is 12.5. The van der Waals surface area contributed by atoms with Gasteiger partial charge in [0.05, 0.1) is 13.5 Å². The summed E-state index contributed by atoms with van der Waals surface area (Å²) in [5.41, 5.74) is 1.79. The quantitative estimate of drug-likeness (QED) is 0.586. The van der Waals surface area contributed by atoms with Gasteiger partial charge in [0.1, 0.15) is 0 Å². The molecule has 1 amide bonds. The molecule has 0 saturated carbocycles. The number of methoxy groups -OCH3 is 1. The number of Topliss-reactive ketones (excluding diaryl/α,β-unsaturated/α-hetero) is 1. The summed E-state index contributed by atoms with van der Waals surface area (Å²) in [5.74, 6) is -0.666. The molecule has 1 rings (SSSR count). The first-order valence-electron chi connectivity index (χ1n) is 7.02. The third kappa shape index (κ3) is 6.21. The molecule has 5 heteroatoms. The maximum absolute atomic E-state index is 11.9. The smallest absolute Gasteiger partial charge is 0.307 e. The topological polar surface area (TPSA) is 72.5 Å². The van der Waals surface area contributed by atoms with Crippen LogP contribution in [0.5, 0.6) is 0 Å². The lowest BCUT2D eigenvalue weighted by Gasteiger charge is -2.05. The fourth-order valence-electron chi connectivity index (χ4n) is 1.79. The minimum atomic E-state index is -0.373. The first-order valence-corrected chi connectivity index (χ1v) is 7.02. The van der Waals surface area contributed by atoms with Crippen LogP contribution in [0, 0.1) is 0 Å². The van der Waals surface area contributed by atoms with E-state index in [1.54, 1.807) is 12.1 Å². The maximum Gasteiger partial charge on any atom is 0.307 e. The molecule has 0 bridgehead atoms. The highest BCUT2D eigenvalue weighted by atomic mass is 16.5. The molecule has 5 nitrogen and oxygen atoms in total. The van der Waals surface area contributed by atoms with E-state index in [2.05, 4.69) is 17.0 Å². The number of carbonyl (C=O) groups excluding carboxylic acids is 3. The fraction of sp³-hybridized carbons (Fsp3) is 0.438. The number of amides is 1. The molecular weight excluding hydrogens is 270 g/mol. The highest BCUT2D eigenvalue weighted by Crippen LogP contribution is 2.08. The number of ether oxygens (including phenoxy) is 1. The normalized spacial score (nSPS) is 10.0. The minimum Gasteiger partial charge on any atom is -0.469 e. The largest absolute Gasteiger partial charge is 0.469 e. The summed E-state index contributed by atoms with van der Waals surface area (Å²) in [6.07, 6.45) is 1.34. The van der Waals surface area contributed by atoms with Crippen molar-refractivity contribution >= 4 is 17.7 Å². The Morgan fingerprint density at radius 2 is 1.71 bits per heavy atom. The van der Waals surface area contributed by atoms with Crippen LogP contribution in [-0.4, -0.2) is 31.3 Å². The molecule has 0 aromatic heterocycles. The average Bonchev–Trinajstić information content (AvgIpc) is 2.52. The van der Waals surface area contributed by atoms with Crippen molar-refractivity contribution in [2.45, 2.75) is 32.6 Å². The Hall–Kier alpha value is -2.17. The third-order valence-electron chi connectivity index (χ3n) is 3.14. The van der Waals surface area contributed by atoms with E-state index < -0.39 is 0 Å². The van der Waals surface area contributed by atoms with Crippen LogP contribution in [0.3, 0.4) is 0 Å². The van der Waals surface area contributed by atoms with Crippen molar-refractivity contribution in [3.05, 3.63) is 35.4 Å². The van der Waals surface area contributed by atoms with Gasteiger partial charge in [0.2, 0.25) is 5.91 Å². The highest BCUT2D eigenvalue weighted by molar-refractivity contribution is 5.98. The maximum atomic E-state index is 11.9. The molecule has 0 saturated heterocycles. The van der Waals surface area contributed by atoms with Crippen LogP contribution in [0.1, 0.15) is 42.1 Å². The molecule has 1 aromatic rings. The monoisotopic (exact) mass is 291 g/mol. The van der Waals surface area contributed by atoms with Crippen molar-refractivity contribution in [2.24, 2.45) is 0 Å². The van der Waals surface area contributed by atoms with Gasteiger partial charge in [0.25, 0.3) is 0 Å². The molecular formula is C16H21NO4. The van der Waals surface area contributed by atoms with Crippen LogP contribution in [0.15, 0.2) is 24.3 Å². The number of ketones is 1. The van der Waals surface area contributed by atoms with Gasteiger partial charge in [0, 0.05) is 24.9 Å². The molecule has 1 aromatic carbocycles. The summed E-state index contributed by atoms with van der Waals surface area (Å²) in [6, 6.07) is 7.42. The second kappa shape index (κ2) is 8.89. The van der Waals surface area contributed by atoms with E-state index in [1.165, 1.54) is 12.7 Å². The van der Waals surface area contributed by atoms with Gasteiger partial charge in [-0.25, -0.2) is 0 Å². The molecule has 0 aliphatic rings. The number of carbonyl (C=O) groups is 3. The Morgan fingerprint density at radius 1 is 1.05 bits per heavy atom. The van der Waals surface area contributed by atoms with Crippen molar-refractivity contribution in [3.63, 3.8) is 0 Å². The predicted molar refractivity (Wildman–Crippen MR) is 79.0 cm³/mol. The van der Waals surface area contributed by atoms with Crippen molar-refractivity contribution < 1.29 is 19.1 Å². The van der Waals surface area contributed by atoms with E-state index in [-0.39, 0.29) is 43.5 Å². The molecule has 114 valence electrons. The molecule has 0 spiro atoms. The van der Waals surface area contributed by atoms with E-state index in [9.17, 15) is 14.4 Å². The van der Waals surface area contributed by atoms with E-state index >= 15 is 0 Å². The van der Waals surface area contributed by atoms with Crippen molar-refractivity contribution in [3.8, 4) is 0 Å². The summed E-state index contributed by atoms with van der Waals surface area (Å²) in [5, 5.41) is 2.58. The lowest BCUT2D eigenvalue weighted by atomic mass is 10.0. The molecule has 21 heavy (non-hydrogen) atoms. The van der Waals surface area contributed by atoms with Crippen LogP contribution in [0.4, 0.5) is 0 Å². The van der Waals surface area contributed by atoms with Gasteiger partial charge < -0.3 is 10.1 Å². The van der Waals surface area contributed by atoms with Gasteiger partial charge in [-0.1, -0.05) is 31.2 Å². The molecule has 0 aliphatic heterocycles. The van der Waals surface area contributed by atoms with Crippen molar-refractivity contribution in [1.29, 1.82) is 0 Å². The Kier molecular flexibility index (Phi) is 7.15. The predicted octanol–water partition coefficient (Wildman–Crippen LogP) is 1.89. The van der Waals surface area contributed by atoms with Crippen molar-refractivity contribution in [1.82, 2.24) is 5.32 Å². The minimum absolute atomic E-state index is 0.0548. The SMILES string of the molecule is CCc1ccc(C(=O)CCC(=O)NCCC(=O)OC)cc1. The van der Waals surface area contributed by atoms with E-state index in [0.717, 1.165) is 6.42 Å². The molecule has 0 fully saturated rings. The number of esters is 1. The van der Waals surface area contributed by atoms with E-state index in [1.807, 2.05) is 12.1 Å². The van der Waals surface area contributed by atoms with Crippen LogP contribution < -0.4 is 5.32 Å². The molecule has 1 N–H and O–H groups in total. The third-order valence-corrected chi connectivity index (χ3v) is 3.14. The number of nitrogens with one attached hydrogen (secondary N) is 1. The Morgan fingerprint density at radius 3 is 2.29 bits per heavy atom. The first kappa shape index (κ1) is 16.9. The van der Waals surface area contributed by atoms with Gasteiger partial charge in [-0.2, -0.15) is 0 Å². The summed E-state index contributed by atoms with van der Waals surface area (Å²) < 4.78 is 4.46. The summed E-state index contributed by atoms with van der Waals surface area (Å²) >= 11 is 0. The summed E-state index contributed by atoms with van der Waals surface area (Å²) in [6.45, 7) is 2.28. The van der Waals surface area contributed by atoms with Crippen LogP contribution in [0.2, 0.25) is 0 Å². The Labute approximate surface area is 124 Å². The van der Waals surface area contributed by atoms with Crippen LogP contribution in [0.25, 0.3) is 0 Å². The van der Waals surface area contributed by atoms with Gasteiger partial charge in [0.15, 0.2) is 5.78 Å². The second-order valence-corrected chi connectivity index (χ2v) is 4.65. The first-order chi connectivity index (χ1) is 10.1. The molecule has 0 heterocycles. The van der Waals surface area contributed by atoms with Crippen LogP contribution >= 0.6 is 0 Å². The summed E-state index contributed by atoms with van der Waals surface area (Å²) in [7, 11) is 1.30. The molecule has 0 aliphatic carbocycles. The van der Waals surface area contributed by atoms with Crippen molar-refractivity contribution in [2.75, 3.05) is 13.7 Å². The molecule has 0 unspecified atom stereocenters. The lowest BCUT2D eigenvalue weighted by molar-refractivity contribution is -0.140. The number of rotatable bonds is 8. The van der Waals surface area contributed by atoms with Crippen LogP contribution in [-0.2, 0) is 20.7 Å². The summed E-state index contributed by atoms with van der Waals surface area (Å²) in [4.78, 5) is 34.3. The fourth-order valence-corrected chi connectivity index (χ4v) is 1.79. The highest BCUT2D eigenvalue weighted by Gasteiger charge is 2.09. The Bertz CT molecular complexity index is 494. The molecule has 0 radical (unpaired) electrons. The van der Waals surface area contributed by atoms with Gasteiger partial charge in [-0.3, -0.25) is 14.4 Å². The van der Waals surface area contributed by atoms with E-state index in [4.69, 9.17) is 0 Å². The zero-order chi connectivity index (χ0) is 15.7. The number of benzene rings is 1. The van der Waals surface area contributed by atoms with E-state index in [0.29, 0.717) is 5.56 Å². The second-order valence-electron chi connectivity index (χ2n) is 4.65. The number of aryl methyl sites for hydroxylation is 1. The Balaban J connectivity index is 2.31. The van der Waals surface area contributed by atoms with Gasteiger partial charge in [-0.05, 0) is 12.0 Å².